The summed E-state index contributed by atoms with van der Waals surface area (Å²) in [4.78, 5) is 138. The molecule has 0 bridgehead atoms. The van der Waals surface area contributed by atoms with Crippen molar-refractivity contribution in [2.75, 3.05) is 32.7 Å². The maximum absolute atomic E-state index is 14.6. The van der Waals surface area contributed by atoms with Crippen LogP contribution in [0.1, 0.15) is 84.7 Å². The summed E-state index contributed by atoms with van der Waals surface area (Å²) in [6.45, 7) is -0.133. The molecule has 6 aromatic carbocycles. The number of carboxylic acids is 1. The van der Waals surface area contributed by atoms with Gasteiger partial charge in [-0.05, 0) is 126 Å². The van der Waals surface area contributed by atoms with Gasteiger partial charge in [-0.15, -0.1) is 0 Å². The minimum absolute atomic E-state index is 0.00470. The normalized spacial score (nSPS) is 15.8. The second-order valence-corrected chi connectivity index (χ2v) is 23.8. The van der Waals surface area contributed by atoms with Gasteiger partial charge >= 0.3 is 5.97 Å². The van der Waals surface area contributed by atoms with E-state index < -0.39 is 108 Å². The zero-order valence-electron chi connectivity index (χ0n) is 52.3. The molecular weight excluding hydrogens is 1200 g/mol. The third kappa shape index (κ3) is 20.4. The standard InChI is InChI=1S/C70H83N11O13/c71-54(36-45-25-29-51(82)30-26-45)68(91)80-35-13-23-59(80)67(90)79-57(38-44-14-2-1-3-15-44)65(88)78-58(39-49-20-12-19-47-16-6-7-21-53(47)49)64(87)75-41-62(85)73-33-10-8-22-56(70(93)94)77-61(84)24-9-11-34-74-63(86)42-76-66(89)60-40-48-17-4-5-18-50(48)43-81(60)69(92)55(72)37-46-27-31-52(83)32-28-46/h1-7,12,14-21,25-32,54-60,82-83H,8-11,13,22-24,33-43,71-72H2,(H,73,85)(H,74,86)(H,75,87)(H,76,89)(H,77,84)(H,78,88)(H,79,90)(H,93,94)/t54-,55-,56+,57-,58+,59-,60+/m0/s1. The number of benzene rings is 6. The van der Waals surface area contributed by atoms with Gasteiger partial charge in [-0.2, -0.15) is 0 Å². The molecule has 24 heteroatoms. The molecule has 6 aromatic rings. The minimum Gasteiger partial charge on any atom is -0.508 e. The van der Waals surface area contributed by atoms with Crippen molar-refractivity contribution in [3.8, 4) is 11.5 Å². The molecule has 496 valence electrons. The maximum atomic E-state index is 14.6. The van der Waals surface area contributed by atoms with Crippen molar-refractivity contribution in [2.45, 2.75) is 132 Å². The number of aromatic hydroxyl groups is 2. The number of nitrogens with two attached hydrogens (primary N) is 2. The number of amides is 9. The molecule has 14 N–H and O–H groups in total. The maximum Gasteiger partial charge on any atom is 0.326 e. The molecular formula is C70H83N11O13. The van der Waals surface area contributed by atoms with Gasteiger partial charge in [0.15, 0.2) is 0 Å². The lowest BCUT2D eigenvalue weighted by Crippen LogP contribution is -2.58. The van der Waals surface area contributed by atoms with E-state index in [-0.39, 0.29) is 89.2 Å². The lowest BCUT2D eigenvalue weighted by Gasteiger charge is -2.37. The SMILES string of the molecule is N[C@@H](Cc1ccc(O)cc1)C(=O)N1Cc2ccccc2C[C@@H]1C(=O)NCC(=O)NCCCCC(=O)N[C@H](CCCCNC(=O)CNC(=O)[C@@H](Cc1cccc2ccccc12)NC(=O)[C@H](Cc1ccccc1)NC(=O)[C@@H]1CCCN1C(=O)[C@@H](N)Cc1ccc(O)cc1)C(=O)O. The van der Waals surface area contributed by atoms with E-state index in [9.17, 15) is 63.3 Å². The fourth-order valence-corrected chi connectivity index (χ4v) is 11.7. The fraction of sp³-hybridized carbons (Fsp3) is 0.371. The predicted octanol–water partition coefficient (Wildman–Crippen LogP) is 2.47. The number of nitrogens with zero attached hydrogens (tertiary/aromatic N) is 2. The second kappa shape index (κ2) is 34.5. The summed E-state index contributed by atoms with van der Waals surface area (Å²) in [6.07, 6.45) is 2.79. The van der Waals surface area contributed by atoms with Crippen molar-refractivity contribution < 1.29 is 63.3 Å². The van der Waals surface area contributed by atoms with Crippen molar-refractivity contribution in [1.29, 1.82) is 0 Å². The Hall–Kier alpha value is -10.2. The molecule has 0 saturated carbocycles. The molecule has 2 heterocycles. The van der Waals surface area contributed by atoms with Crippen LogP contribution in [0.2, 0.25) is 0 Å². The number of unbranched alkanes of at least 4 members (excludes halogenated alkanes) is 2. The highest BCUT2D eigenvalue weighted by molar-refractivity contribution is 5.97. The Labute approximate surface area is 545 Å². The Morgan fingerprint density at radius 1 is 0.489 bits per heavy atom. The lowest BCUT2D eigenvalue weighted by molar-refractivity contribution is -0.143. The summed E-state index contributed by atoms with van der Waals surface area (Å²) in [6, 6.07) is 34.8. The Bertz CT molecular complexity index is 3630. The molecule has 94 heavy (non-hydrogen) atoms. The summed E-state index contributed by atoms with van der Waals surface area (Å²) in [5.74, 6) is -5.98. The number of hydrogen-bond acceptors (Lipinski definition) is 14. The van der Waals surface area contributed by atoms with Gasteiger partial charge in [0.05, 0.1) is 25.2 Å². The van der Waals surface area contributed by atoms with Crippen LogP contribution in [0.3, 0.4) is 0 Å². The highest BCUT2D eigenvalue weighted by Gasteiger charge is 2.40. The smallest absolute Gasteiger partial charge is 0.326 e. The first kappa shape index (κ1) is 69.7. The van der Waals surface area contributed by atoms with Gasteiger partial charge in [0.25, 0.3) is 0 Å². The van der Waals surface area contributed by atoms with Crippen LogP contribution in [0.5, 0.6) is 11.5 Å². The predicted molar refractivity (Wildman–Crippen MR) is 350 cm³/mol. The number of fused-ring (bicyclic) bond motifs is 2. The summed E-state index contributed by atoms with van der Waals surface area (Å²) >= 11 is 0. The monoisotopic (exact) mass is 1290 g/mol. The third-order valence-electron chi connectivity index (χ3n) is 16.8. The van der Waals surface area contributed by atoms with E-state index in [1.807, 2.05) is 72.8 Å². The fourth-order valence-electron chi connectivity index (χ4n) is 11.7. The topological polar surface area (TPSA) is 374 Å². The summed E-state index contributed by atoms with van der Waals surface area (Å²) in [5.41, 5.74) is 17.4. The molecule has 0 spiro atoms. The quantitative estimate of drug-likeness (QED) is 0.0270. The van der Waals surface area contributed by atoms with Gasteiger partial charge in [-0.3, -0.25) is 43.2 Å². The van der Waals surface area contributed by atoms with E-state index in [2.05, 4.69) is 37.2 Å². The molecule has 24 nitrogen and oxygen atoms in total. The molecule has 0 unspecified atom stereocenters. The van der Waals surface area contributed by atoms with Crippen LogP contribution >= 0.6 is 0 Å². The zero-order chi connectivity index (χ0) is 67.1. The highest BCUT2D eigenvalue weighted by atomic mass is 16.4. The molecule has 7 atom stereocenters. The molecule has 1 fully saturated rings. The Morgan fingerprint density at radius 2 is 1.05 bits per heavy atom. The van der Waals surface area contributed by atoms with E-state index in [1.54, 1.807) is 48.5 Å². The van der Waals surface area contributed by atoms with Gasteiger partial charge in [-0.25, -0.2) is 4.79 Å². The van der Waals surface area contributed by atoms with E-state index in [0.717, 1.165) is 38.6 Å². The molecule has 1 saturated heterocycles. The minimum atomic E-state index is -1.24. The average molecular weight is 1290 g/mol. The number of carbonyl (C=O) groups is 10. The van der Waals surface area contributed by atoms with Gasteiger partial charge in [0.2, 0.25) is 53.2 Å². The molecule has 0 radical (unpaired) electrons. The number of phenolic OH excluding ortho intramolecular Hbond substituents is 2. The van der Waals surface area contributed by atoms with E-state index in [1.165, 1.54) is 34.1 Å². The van der Waals surface area contributed by atoms with Gasteiger partial charge in [0.1, 0.15) is 41.7 Å². The van der Waals surface area contributed by atoms with Crippen LogP contribution in [0.4, 0.5) is 0 Å². The van der Waals surface area contributed by atoms with Crippen LogP contribution in [0, 0.1) is 0 Å². The van der Waals surface area contributed by atoms with Crippen LogP contribution < -0.4 is 48.7 Å². The number of hydrogen-bond donors (Lipinski definition) is 12. The van der Waals surface area contributed by atoms with Gasteiger partial charge < -0.3 is 73.8 Å². The van der Waals surface area contributed by atoms with Crippen molar-refractivity contribution in [3.05, 3.63) is 179 Å². The number of aliphatic carboxylic acids is 1. The number of rotatable bonds is 32. The Balaban J connectivity index is 0.765. The number of nitrogens with one attached hydrogen (secondary N) is 7. The van der Waals surface area contributed by atoms with Crippen LogP contribution in [-0.4, -0.2) is 159 Å². The summed E-state index contributed by atoms with van der Waals surface area (Å²) in [7, 11) is 0. The third-order valence-corrected chi connectivity index (χ3v) is 16.8. The average Bonchev–Trinajstić information content (AvgIpc) is 0.987. The number of carboxylic acid groups (broad SMARTS) is 1. The van der Waals surface area contributed by atoms with Crippen molar-refractivity contribution >= 4 is 69.9 Å². The van der Waals surface area contributed by atoms with E-state index in [0.29, 0.717) is 44.1 Å². The first-order valence-corrected chi connectivity index (χ1v) is 31.8. The number of carbonyl (C=O) groups excluding carboxylic acids is 9. The zero-order valence-corrected chi connectivity index (χ0v) is 52.3. The Kier molecular flexibility index (Phi) is 25.5. The highest BCUT2D eigenvalue weighted by Crippen LogP contribution is 2.26. The summed E-state index contributed by atoms with van der Waals surface area (Å²) < 4.78 is 0. The van der Waals surface area contributed by atoms with Gasteiger partial charge in [-0.1, -0.05) is 121 Å². The molecule has 0 aromatic heterocycles. The van der Waals surface area contributed by atoms with Crippen molar-refractivity contribution in [2.24, 2.45) is 11.5 Å². The van der Waals surface area contributed by atoms with Crippen LogP contribution in [0.15, 0.2) is 146 Å². The second-order valence-electron chi connectivity index (χ2n) is 23.8. The molecule has 8 rings (SSSR count). The largest absolute Gasteiger partial charge is 0.508 e. The molecule has 2 aliphatic heterocycles. The number of phenols is 2. The number of likely N-dealkylation sites (tertiary alicyclic amines) is 1. The molecule has 2 aliphatic rings. The van der Waals surface area contributed by atoms with Crippen LogP contribution in [0.25, 0.3) is 10.8 Å². The van der Waals surface area contributed by atoms with E-state index >= 15 is 0 Å². The van der Waals surface area contributed by atoms with Crippen LogP contribution in [-0.2, 0) is 86.6 Å². The summed E-state index contributed by atoms with van der Waals surface area (Å²) in [5, 5.41) is 50.0. The van der Waals surface area contributed by atoms with Gasteiger partial charge in [0, 0.05) is 51.9 Å². The lowest BCUT2D eigenvalue weighted by atomic mass is 9.92. The van der Waals surface area contributed by atoms with Crippen molar-refractivity contribution in [1.82, 2.24) is 47.0 Å². The molecule has 9 amide bonds. The first-order valence-electron chi connectivity index (χ1n) is 31.8. The Morgan fingerprint density at radius 3 is 1.71 bits per heavy atom. The first-order chi connectivity index (χ1) is 45.3. The van der Waals surface area contributed by atoms with Crippen molar-refractivity contribution in [3.63, 3.8) is 0 Å². The molecule has 0 aliphatic carbocycles. The van der Waals surface area contributed by atoms with E-state index in [4.69, 9.17) is 11.5 Å².